The van der Waals surface area contributed by atoms with Crippen LogP contribution in [0.3, 0.4) is 0 Å². The highest BCUT2D eigenvalue weighted by Gasteiger charge is 2.41. The van der Waals surface area contributed by atoms with Crippen molar-refractivity contribution in [1.29, 1.82) is 0 Å². The molecule has 1 amide bonds. The van der Waals surface area contributed by atoms with E-state index in [0.29, 0.717) is 24.2 Å². The molecule has 2 fully saturated rings. The zero-order chi connectivity index (χ0) is 26.2. The van der Waals surface area contributed by atoms with Gasteiger partial charge in [-0.1, -0.05) is 12.1 Å². The molecule has 2 unspecified atom stereocenters. The van der Waals surface area contributed by atoms with Gasteiger partial charge in [0.05, 0.1) is 7.11 Å². The smallest absolute Gasteiger partial charge is 0.328 e. The van der Waals surface area contributed by atoms with Crippen LogP contribution in [0.15, 0.2) is 42.6 Å². The van der Waals surface area contributed by atoms with Crippen molar-refractivity contribution < 1.29 is 33.7 Å². The first kappa shape index (κ1) is 26.5. The Morgan fingerprint density at radius 1 is 1.14 bits per heavy atom. The number of methoxy groups -OCH3 is 1. The SMILES string of the molecule is COc1nc(N)ncc1C(=O)NC1CC2CCC(C1)N2Cc1ccc(F)cc1.O=C(O)/C=C/C(=O)O. The number of aromatic nitrogens is 2. The number of piperidine rings is 1. The molecule has 12 heteroatoms. The zero-order valence-electron chi connectivity index (χ0n) is 19.6. The standard InChI is InChI=1S/C20H24FN5O2.C4H4O4/c1-28-19-17(10-23-20(22)25-19)18(27)24-14-8-15-6-7-16(9-14)26(15)11-12-2-4-13(21)5-3-12;5-3(6)1-2-4(7)8/h2-5,10,14-16H,6-9,11H2,1H3,(H,24,27)(H2,22,23,25);1-2H,(H,5,6)(H,7,8)/b;2-1+. The summed E-state index contributed by atoms with van der Waals surface area (Å²) in [5.41, 5.74) is 6.96. The fourth-order valence-corrected chi connectivity index (χ4v) is 4.55. The lowest BCUT2D eigenvalue weighted by Gasteiger charge is -2.39. The Hall–Kier alpha value is -4.06. The van der Waals surface area contributed by atoms with Crippen molar-refractivity contribution in [2.45, 2.75) is 50.4 Å². The average Bonchev–Trinajstić information content (AvgIpc) is 3.06. The van der Waals surface area contributed by atoms with E-state index < -0.39 is 11.9 Å². The normalized spacial score (nSPS) is 20.9. The molecule has 5 N–H and O–H groups in total. The van der Waals surface area contributed by atoms with Gasteiger partial charge in [-0.25, -0.2) is 19.0 Å². The Morgan fingerprint density at radius 3 is 2.25 bits per heavy atom. The van der Waals surface area contributed by atoms with Gasteiger partial charge in [0.25, 0.3) is 5.91 Å². The number of ether oxygens (including phenoxy) is 1. The van der Waals surface area contributed by atoms with Crippen LogP contribution in [0.2, 0.25) is 0 Å². The third kappa shape index (κ3) is 7.22. The summed E-state index contributed by atoms with van der Waals surface area (Å²) >= 11 is 0. The van der Waals surface area contributed by atoms with Crippen LogP contribution in [-0.2, 0) is 16.1 Å². The zero-order valence-corrected chi connectivity index (χ0v) is 19.6. The molecule has 1 aromatic carbocycles. The van der Waals surface area contributed by atoms with E-state index in [1.807, 2.05) is 12.1 Å². The number of hydrogen-bond acceptors (Lipinski definition) is 8. The van der Waals surface area contributed by atoms with E-state index in [0.717, 1.165) is 37.8 Å². The van der Waals surface area contributed by atoms with Crippen molar-refractivity contribution in [2.75, 3.05) is 12.8 Å². The minimum Gasteiger partial charge on any atom is -0.480 e. The molecule has 192 valence electrons. The van der Waals surface area contributed by atoms with Gasteiger partial charge in [-0.3, -0.25) is 9.69 Å². The van der Waals surface area contributed by atoms with Crippen molar-refractivity contribution in [3.63, 3.8) is 0 Å². The summed E-state index contributed by atoms with van der Waals surface area (Å²) in [4.78, 5) is 42.1. The molecule has 2 aliphatic rings. The second-order valence-electron chi connectivity index (χ2n) is 8.49. The number of rotatable bonds is 7. The van der Waals surface area contributed by atoms with E-state index in [4.69, 9.17) is 20.7 Å². The number of fused-ring (bicyclic) bond motifs is 2. The van der Waals surface area contributed by atoms with Crippen LogP contribution in [0.5, 0.6) is 5.88 Å². The van der Waals surface area contributed by atoms with Crippen molar-refractivity contribution >= 4 is 23.8 Å². The quantitative estimate of drug-likeness (QED) is 0.411. The molecule has 2 aromatic rings. The molecule has 0 saturated carbocycles. The maximum Gasteiger partial charge on any atom is 0.328 e. The summed E-state index contributed by atoms with van der Waals surface area (Å²) in [5.74, 6) is -2.72. The number of benzene rings is 1. The Bertz CT molecular complexity index is 1100. The lowest BCUT2D eigenvalue weighted by Crippen LogP contribution is -2.50. The van der Waals surface area contributed by atoms with Crippen molar-refractivity contribution in [3.8, 4) is 5.88 Å². The lowest BCUT2D eigenvalue weighted by molar-refractivity contribution is -0.134. The molecule has 2 atom stereocenters. The topological polar surface area (TPSA) is 168 Å². The molecule has 2 aliphatic heterocycles. The fraction of sp³-hybridized carbons (Fsp3) is 0.375. The van der Waals surface area contributed by atoms with Gasteiger partial charge < -0.3 is 26.0 Å². The summed E-state index contributed by atoms with van der Waals surface area (Å²) in [7, 11) is 1.45. The minimum absolute atomic E-state index is 0.0699. The minimum atomic E-state index is -1.26. The van der Waals surface area contributed by atoms with Gasteiger partial charge in [-0.05, 0) is 43.4 Å². The summed E-state index contributed by atoms with van der Waals surface area (Å²) in [6, 6.07) is 7.62. The van der Waals surface area contributed by atoms with Gasteiger partial charge in [0.15, 0.2) is 0 Å². The van der Waals surface area contributed by atoms with E-state index in [1.165, 1.54) is 25.4 Å². The van der Waals surface area contributed by atoms with Crippen LogP contribution in [0.4, 0.5) is 10.3 Å². The Balaban J connectivity index is 0.000000392. The molecule has 0 radical (unpaired) electrons. The maximum atomic E-state index is 13.1. The number of nitrogens with zero attached hydrogens (tertiary/aromatic N) is 3. The summed E-state index contributed by atoms with van der Waals surface area (Å²) in [5, 5.41) is 18.7. The number of amides is 1. The van der Waals surface area contributed by atoms with Gasteiger partial charge in [0, 0.05) is 43.0 Å². The Morgan fingerprint density at radius 2 is 1.72 bits per heavy atom. The number of nitrogens with two attached hydrogens (primary N) is 1. The molecular weight excluding hydrogens is 473 g/mol. The predicted octanol–water partition coefficient (Wildman–Crippen LogP) is 1.84. The fourth-order valence-electron chi connectivity index (χ4n) is 4.55. The van der Waals surface area contributed by atoms with Gasteiger partial charge in [-0.15, -0.1) is 0 Å². The highest BCUT2D eigenvalue weighted by molar-refractivity contribution is 5.96. The van der Waals surface area contributed by atoms with Crippen LogP contribution >= 0.6 is 0 Å². The number of carboxylic acids is 2. The van der Waals surface area contributed by atoms with Gasteiger partial charge >= 0.3 is 11.9 Å². The second-order valence-corrected chi connectivity index (χ2v) is 8.49. The number of aliphatic carboxylic acids is 2. The molecule has 11 nitrogen and oxygen atoms in total. The highest BCUT2D eigenvalue weighted by atomic mass is 19.1. The Labute approximate surface area is 206 Å². The van der Waals surface area contributed by atoms with E-state index in [-0.39, 0.29) is 35.2 Å². The molecule has 2 saturated heterocycles. The van der Waals surface area contributed by atoms with Crippen LogP contribution in [0.25, 0.3) is 0 Å². The summed E-state index contributed by atoms with van der Waals surface area (Å²) in [6.45, 7) is 0.815. The van der Waals surface area contributed by atoms with Gasteiger partial charge in [0.1, 0.15) is 11.4 Å². The highest BCUT2D eigenvalue weighted by Crippen LogP contribution is 2.37. The first-order chi connectivity index (χ1) is 17.2. The monoisotopic (exact) mass is 501 g/mol. The number of hydrogen-bond donors (Lipinski definition) is 4. The molecule has 2 bridgehead atoms. The van der Waals surface area contributed by atoms with E-state index >= 15 is 0 Å². The summed E-state index contributed by atoms with van der Waals surface area (Å²) in [6.07, 6.45) is 6.53. The molecule has 1 aromatic heterocycles. The number of carboxylic acid groups (broad SMARTS) is 2. The first-order valence-corrected chi connectivity index (χ1v) is 11.3. The number of anilines is 1. The number of nitrogens with one attached hydrogen (secondary N) is 1. The molecule has 0 aliphatic carbocycles. The molecule has 0 spiro atoms. The van der Waals surface area contributed by atoms with Gasteiger partial charge in [-0.2, -0.15) is 4.98 Å². The third-order valence-electron chi connectivity index (χ3n) is 6.08. The van der Waals surface area contributed by atoms with Crippen LogP contribution < -0.4 is 15.8 Å². The van der Waals surface area contributed by atoms with E-state index in [9.17, 15) is 18.8 Å². The number of halogens is 1. The maximum absolute atomic E-state index is 13.1. The van der Waals surface area contributed by atoms with E-state index in [2.05, 4.69) is 20.2 Å². The molecule has 4 rings (SSSR count). The molecule has 36 heavy (non-hydrogen) atoms. The number of carbonyl (C=O) groups is 3. The molecule has 3 heterocycles. The Kier molecular flexibility index (Phi) is 8.90. The lowest BCUT2D eigenvalue weighted by atomic mass is 9.96. The number of nitrogen functional groups attached to an aromatic ring is 1. The van der Waals surface area contributed by atoms with E-state index in [1.54, 1.807) is 0 Å². The third-order valence-corrected chi connectivity index (χ3v) is 6.08. The van der Waals surface area contributed by atoms with Gasteiger partial charge in [0.2, 0.25) is 11.8 Å². The predicted molar refractivity (Wildman–Crippen MR) is 127 cm³/mol. The number of carbonyl (C=O) groups excluding carboxylic acids is 1. The van der Waals surface area contributed by atoms with Crippen molar-refractivity contribution in [2.24, 2.45) is 0 Å². The van der Waals surface area contributed by atoms with Crippen LogP contribution in [0, 0.1) is 5.82 Å². The largest absolute Gasteiger partial charge is 0.480 e. The summed E-state index contributed by atoms with van der Waals surface area (Å²) < 4.78 is 18.3. The van der Waals surface area contributed by atoms with Crippen molar-refractivity contribution in [1.82, 2.24) is 20.2 Å². The second kappa shape index (κ2) is 12.1. The first-order valence-electron chi connectivity index (χ1n) is 11.3. The van der Waals surface area contributed by atoms with Crippen LogP contribution in [0.1, 0.15) is 41.6 Å². The van der Waals surface area contributed by atoms with Crippen molar-refractivity contribution in [3.05, 3.63) is 59.6 Å². The average molecular weight is 502 g/mol. The van der Waals surface area contributed by atoms with Crippen LogP contribution in [-0.4, -0.2) is 68.2 Å². The molecular formula is C24H28FN5O6.